The fraction of sp³-hybridized carbons (Fsp3) is 0.250. The number of fused-ring (bicyclic) bond motifs is 1. The van der Waals surface area contributed by atoms with Gasteiger partial charge in [-0.2, -0.15) is 18.4 Å². The third-order valence-electron chi connectivity index (χ3n) is 4.52. The molecular formula is C20H14ClF3N2O2. The van der Waals surface area contributed by atoms with Gasteiger partial charge in [0.1, 0.15) is 0 Å². The maximum atomic E-state index is 13.2. The maximum absolute atomic E-state index is 13.2. The Morgan fingerprint density at radius 3 is 2.64 bits per heavy atom. The standard InChI is InChI=1S/C20H14ClF3N2O2/c21-16-6-5-12(9-15(16)20(22,23)24)19-13(2-1-3-18(27)28)14-8-11(10-25)4-7-17(14)26-19/h4-9,19H,1-3H2,(H,27,28). The van der Waals surface area contributed by atoms with Crippen LogP contribution in [0.2, 0.25) is 5.02 Å². The minimum atomic E-state index is -4.60. The fourth-order valence-electron chi connectivity index (χ4n) is 3.25. The minimum absolute atomic E-state index is 0.0715. The zero-order valence-corrected chi connectivity index (χ0v) is 15.2. The van der Waals surface area contributed by atoms with Gasteiger partial charge in [0, 0.05) is 11.6 Å². The van der Waals surface area contributed by atoms with Gasteiger partial charge in [-0.05, 0) is 54.3 Å². The van der Waals surface area contributed by atoms with E-state index in [1.165, 1.54) is 12.1 Å². The number of carboxylic acids is 1. The summed E-state index contributed by atoms with van der Waals surface area (Å²) in [5.41, 5.74) is 0.471. The van der Waals surface area contributed by atoms with E-state index >= 15 is 0 Å². The van der Waals surface area contributed by atoms with Crippen LogP contribution in [0.1, 0.15) is 42.0 Å². The van der Waals surface area contributed by atoms with Crippen LogP contribution in [0, 0.1) is 11.3 Å². The van der Waals surface area contributed by atoms with E-state index in [4.69, 9.17) is 22.0 Å². The van der Waals surface area contributed by atoms with E-state index in [9.17, 15) is 18.0 Å². The third kappa shape index (κ3) is 4.02. The quantitative estimate of drug-likeness (QED) is 0.815. The molecule has 1 aliphatic rings. The van der Waals surface area contributed by atoms with Crippen LogP contribution in [0.15, 0.2) is 41.4 Å². The number of halogens is 4. The van der Waals surface area contributed by atoms with Crippen LogP contribution in [0.5, 0.6) is 0 Å². The van der Waals surface area contributed by atoms with E-state index in [-0.39, 0.29) is 6.42 Å². The predicted molar refractivity (Wildman–Crippen MR) is 96.0 cm³/mol. The largest absolute Gasteiger partial charge is 0.481 e. The lowest BCUT2D eigenvalue weighted by molar-refractivity contribution is -0.138. The van der Waals surface area contributed by atoms with E-state index in [0.29, 0.717) is 40.1 Å². The van der Waals surface area contributed by atoms with Gasteiger partial charge in [-0.1, -0.05) is 17.7 Å². The number of nitriles is 1. The van der Waals surface area contributed by atoms with Gasteiger partial charge in [0.25, 0.3) is 0 Å². The van der Waals surface area contributed by atoms with Crippen molar-refractivity contribution in [2.75, 3.05) is 0 Å². The predicted octanol–water partition coefficient (Wildman–Crippen LogP) is 4.01. The first-order valence-electron chi connectivity index (χ1n) is 8.40. The molecule has 0 aromatic heterocycles. The first-order valence-corrected chi connectivity index (χ1v) is 8.78. The topological polar surface area (TPSA) is 73.5 Å². The van der Waals surface area contributed by atoms with Crippen LogP contribution in [0.25, 0.3) is 5.57 Å². The summed E-state index contributed by atoms with van der Waals surface area (Å²) in [6, 6.07) is 9.86. The highest BCUT2D eigenvalue weighted by Crippen LogP contribution is 2.39. The summed E-state index contributed by atoms with van der Waals surface area (Å²) in [5.74, 6) is -0.955. The molecule has 1 heterocycles. The Morgan fingerprint density at radius 1 is 1.25 bits per heavy atom. The first-order chi connectivity index (χ1) is 13.2. The van der Waals surface area contributed by atoms with Gasteiger partial charge < -0.3 is 5.11 Å². The summed E-state index contributed by atoms with van der Waals surface area (Å²) in [7, 11) is 0. The molecule has 4 nitrogen and oxygen atoms in total. The summed E-state index contributed by atoms with van der Waals surface area (Å²) in [4.78, 5) is 15.4. The second kappa shape index (κ2) is 7.64. The lowest BCUT2D eigenvalue weighted by atomic mass is 9.93. The molecule has 1 aliphatic heterocycles. The first kappa shape index (κ1) is 19.9. The van der Waals surface area contributed by atoms with Crippen molar-refractivity contribution >= 4 is 23.1 Å². The number of benzene rings is 2. The van der Waals surface area contributed by atoms with Crippen molar-refractivity contribution in [3.63, 3.8) is 0 Å². The number of carbonyl (C=O) groups is 1. The summed E-state index contributed by atoms with van der Waals surface area (Å²) in [5, 5.41) is 18.9. The van der Waals surface area contributed by atoms with Crippen LogP contribution in [0.4, 0.5) is 13.2 Å². The van der Waals surface area contributed by atoms with Crippen molar-refractivity contribution < 1.29 is 23.1 Å². The van der Waals surface area contributed by atoms with Crippen molar-refractivity contribution in [1.82, 2.24) is 0 Å². The summed E-state index contributed by atoms with van der Waals surface area (Å²) >= 11 is 5.71. The monoisotopic (exact) mass is 406 g/mol. The zero-order valence-electron chi connectivity index (χ0n) is 14.4. The number of aliphatic carboxylic acids is 1. The third-order valence-corrected chi connectivity index (χ3v) is 4.85. The number of hydrogen-bond acceptors (Lipinski definition) is 3. The lowest BCUT2D eigenvalue weighted by Gasteiger charge is -2.16. The van der Waals surface area contributed by atoms with Gasteiger partial charge in [0.15, 0.2) is 0 Å². The highest BCUT2D eigenvalue weighted by molar-refractivity contribution is 6.31. The highest BCUT2D eigenvalue weighted by Gasteiger charge is 2.34. The molecule has 144 valence electrons. The molecule has 0 spiro atoms. The molecule has 1 unspecified atom stereocenters. The number of rotatable bonds is 5. The Balaban J connectivity index is 2.11. The average molecular weight is 407 g/mol. The lowest BCUT2D eigenvalue weighted by Crippen LogP contribution is -2.23. The number of nitrogens with zero attached hydrogens (tertiary/aromatic N) is 2. The normalized spacial score (nSPS) is 15.7. The van der Waals surface area contributed by atoms with Crippen molar-refractivity contribution in [2.45, 2.75) is 31.5 Å². The Labute approximate surface area is 163 Å². The van der Waals surface area contributed by atoms with Crippen LogP contribution in [-0.4, -0.2) is 11.1 Å². The van der Waals surface area contributed by atoms with Crippen molar-refractivity contribution in [2.24, 2.45) is 4.99 Å². The van der Waals surface area contributed by atoms with E-state index in [2.05, 4.69) is 4.99 Å². The molecule has 28 heavy (non-hydrogen) atoms. The number of alkyl halides is 3. The van der Waals surface area contributed by atoms with Gasteiger partial charge in [-0.25, -0.2) is 0 Å². The van der Waals surface area contributed by atoms with Crippen molar-refractivity contribution in [3.05, 3.63) is 68.7 Å². The minimum Gasteiger partial charge on any atom is -0.481 e. The molecule has 0 radical (unpaired) electrons. The van der Waals surface area contributed by atoms with Gasteiger partial charge >= 0.3 is 12.1 Å². The Bertz CT molecular complexity index is 1100. The molecular weight excluding hydrogens is 393 g/mol. The number of hydrogen-bond donors (Lipinski definition) is 1. The highest BCUT2D eigenvalue weighted by atomic mass is 35.5. The number of carboxylic acid groups (broad SMARTS) is 1. The summed E-state index contributed by atoms with van der Waals surface area (Å²) in [6.45, 7) is 0. The molecule has 0 saturated carbocycles. The van der Waals surface area contributed by atoms with Crippen LogP contribution >= 0.6 is 11.6 Å². The van der Waals surface area contributed by atoms with Crippen LogP contribution in [-0.2, 0) is 11.0 Å². The molecule has 1 N–H and O–H groups in total. The molecule has 3 rings (SSSR count). The summed E-state index contributed by atoms with van der Waals surface area (Å²) in [6.07, 6.45) is -4.02. The molecule has 1 atom stereocenters. The second-order valence-corrected chi connectivity index (χ2v) is 6.79. The van der Waals surface area contributed by atoms with Crippen molar-refractivity contribution in [1.29, 1.82) is 5.26 Å². The summed E-state index contributed by atoms with van der Waals surface area (Å²) < 4.78 is 39.7. The molecule has 0 bridgehead atoms. The average Bonchev–Trinajstić information content (AvgIpc) is 2.98. The Morgan fingerprint density at radius 2 is 2.00 bits per heavy atom. The fourth-order valence-corrected chi connectivity index (χ4v) is 3.47. The Kier molecular flexibility index (Phi) is 5.43. The smallest absolute Gasteiger partial charge is 0.417 e. The van der Waals surface area contributed by atoms with Gasteiger partial charge in [0.05, 0.1) is 33.6 Å². The molecule has 0 saturated heterocycles. The SMILES string of the molecule is N#Cc1ccc2c(c1)=C(CCCC(=O)O)C(c1ccc(Cl)c(C(F)(F)F)c1)N=2. The van der Waals surface area contributed by atoms with Gasteiger partial charge in [-0.3, -0.25) is 9.79 Å². The van der Waals surface area contributed by atoms with Gasteiger partial charge in [0.2, 0.25) is 0 Å². The maximum Gasteiger partial charge on any atom is 0.417 e. The molecule has 2 aromatic rings. The van der Waals surface area contributed by atoms with E-state index in [0.717, 1.165) is 6.07 Å². The van der Waals surface area contributed by atoms with Crippen molar-refractivity contribution in [3.8, 4) is 6.07 Å². The Hall–Kier alpha value is -2.85. The molecule has 2 aromatic carbocycles. The molecule has 0 fully saturated rings. The van der Waals surface area contributed by atoms with Crippen LogP contribution < -0.4 is 10.6 Å². The van der Waals surface area contributed by atoms with E-state index in [1.54, 1.807) is 18.2 Å². The van der Waals surface area contributed by atoms with Crippen LogP contribution in [0.3, 0.4) is 0 Å². The zero-order chi connectivity index (χ0) is 20.5. The van der Waals surface area contributed by atoms with E-state index in [1.807, 2.05) is 6.07 Å². The second-order valence-electron chi connectivity index (χ2n) is 6.38. The molecule has 0 amide bonds. The van der Waals surface area contributed by atoms with Gasteiger partial charge in [-0.15, -0.1) is 0 Å². The molecule has 8 heteroatoms. The van der Waals surface area contributed by atoms with E-state index < -0.39 is 28.8 Å². The molecule has 0 aliphatic carbocycles.